The highest BCUT2D eigenvalue weighted by molar-refractivity contribution is 7.92. The van der Waals surface area contributed by atoms with Crippen LogP contribution >= 0.6 is 0 Å². The molecule has 31 heavy (non-hydrogen) atoms. The Hall–Kier alpha value is -4.05. The number of pyridine rings is 1. The van der Waals surface area contributed by atoms with Gasteiger partial charge in [0.1, 0.15) is 12.4 Å². The molecule has 0 unspecified atom stereocenters. The molecule has 9 nitrogen and oxygen atoms in total. The number of anilines is 1. The van der Waals surface area contributed by atoms with E-state index in [1.54, 1.807) is 42.5 Å². The molecule has 0 aliphatic rings. The van der Waals surface area contributed by atoms with Gasteiger partial charge in [0.05, 0.1) is 16.7 Å². The molecule has 0 fully saturated rings. The monoisotopic (exact) mass is 438 g/mol. The predicted molar refractivity (Wildman–Crippen MR) is 114 cm³/mol. The van der Waals surface area contributed by atoms with Crippen LogP contribution in [0, 0.1) is 0 Å². The minimum absolute atomic E-state index is 0.00680. The second-order valence-corrected chi connectivity index (χ2v) is 8.06. The highest BCUT2D eigenvalue weighted by atomic mass is 32.2. The van der Waals surface area contributed by atoms with E-state index in [0.29, 0.717) is 0 Å². The summed E-state index contributed by atoms with van der Waals surface area (Å²) < 4.78 is 27.0. The molecule has 0 bridgehead atoms. The summed E-state index contributed by atoms with van der Waals surface area (Å²) in [6.45, 7) is -0.577. The standard InChI is InChI=1S/C21H18N4O5S/c26-20(24-23-14-16-8-4-5-11-18(16)21(27)28)15-25(19-12-6-7-13-22-19)31(29,30)17-9-2-1-3-10-17/h1-14H,15H2,(H,24,26)(H,27,28)/b23-14-. The molecule has 0 aliphatic heterocycles. The molecule has 1 amide bonds. The second kappa shape index (κ2) is 9.63. The first-order valence-corrected chi connectivity index (χ1v) is 10.5. The first-order valence-electron chi connectivity index (χ1n) is 9.02. The van der Waals surface area contributed by atoms with Crippen molar-refractivity contribution in [1.82, 2.24) is 10.4 Å². The predicted octanol–water partition coefficient (Wildman–Crippen LogP) is 2.13. The van der Waals surface area contributed by atoms with Gasteiger partial charge in [-0.2, -0.15) is 5.10 Å². The van der Waals surface area contributed by atoms with Gasteiger partial charge < -0.3 is 5.11 Å². The summed E-state index contributed by atoms with van der Waals surface area (Å²) in [6.07, 6.45) is 2.60. The van der Waals surface area contributed by atoms with E-state index in [4.69, 9.17) is 0 Å². The number of carbonyl (C=O) groups is 2. The van der Waals surface area contributed by atoms with Crippen LogP contribution in [0.25, 0.3) is 0 Å². The smallest absolute Gasteiger partial charge is 0.336 e. The average molecular weight is 438 g/mol. The molecule has 1 heterocycles. The normalized spacial score (nSPS) is 11.2. The Morgan fingerprint density at radius 1 is 1.00 bits per heavy atom. The maximum atomic E-state index is 13.1. The molecular formula is C21H18N4O5S. The molecule has 2 N–H and O–H groups in total. The van der Waals surface area contributed by atoms with Gasteiger partial charge >= 0.3 is 5.97 Å². The Morgan fingerprint density at radius 2 is 1.68 bits per heavy atom. The lowest BCUT2D eigenvalue weighted by atomic mass is 10.1. The van der Waals surface area contributed by atoms with E-state index in [9.17, 15) is 23.1 Å². The molecule has 0 saturated carbocycles. The summed E-state index contributed by atoms with van der Waals surface area (Å²) in [5.74, 6) is -1.79. The number of carbonyl (C=O) groups excluding carboxylic acids is 1. The molecule has 0 saturated heterocycles. The third-order valence-corrected chi connectivity index (χ3v) is 5.87. The summed E-state index contributed by atoms with van der Waals surface area (Å²) in [5.41, 5.74) is 2.53. The highest BCUT2D eigenvalue weighted by Gasteiger charge is 2.27. The number of carboxylic acid groups (broad SMARTS) is 1. The third kappa shape index (κ3) is 5.31. The van der Waals surface area contributed by atoms with Crippen molar-refractivity contribution in [3.05, 3.63) is 90.1 Å². The lowest BCUT2D eigenvalue weighted by Gasteiger charge is -2.22. The van der Waals surface area contributed by atoms with Crippen LogP contribution in [0.5, 0.6) is 0 Å². The number of sulfonamides is 1. The van der Waals surface area contributed by atoms with E-state index < -0.39 is 28.4 Å². The van der Waals surface area contributed by atoms with Gasteiger partial charge in [0, 0.05) is 11.8 Å². The van der Waals surface area contributed by atoms with E-state index in [0.717, 1.165) is 4.31 Å². The van der Waals surface area contributed by atoms with E-state index in [1.165, 1.54) is 42.7 Å². The number of hydrogen-bond donors (Lipinski definition) is 2. The SMILES string of the molecule is O=C(CN(c1ccccn1)S(=O)(=O)c1ccccc1)N/N=C\c1ccccc1C(=O)O. The Bertz CT molecular complexity index is 1200. The molecule has 3 aromatic rings. The fourth-order valence-electron chi connectivity index (χ4n) is 2.65. The fourth-order valence-corrected chi connectivity index (χ4v) is 4.05. The Labute approximate surface area is 178 Å². The lowest BCUT2D eigenvalue weighted by molar-refractivity contribution is -0.119. The lowest BCUT2D eigenvalue weighted by Crippen LogP contribution is -2.40. The van der Waals surface area contributed by atoms with E-state index in [-0.39, 0.29) is 21.8 Å². The molecule has 10 heteroatoms. The summed E-state index contributed by atoms with van der Waals surface area (Å²) in [5, 5.41) is 12.9. The van der Waals surface area contributed by atoms with E-state index in [2.05, 4.69) is 15.5 Å². The first kappa shape index (κ1) is 21.7. The van der Waals surface area contributed by atoms with Crippen molar-refractivity contribution < 1.29 is 23.1 Å². The maximum absolute atomic E-state index is 13.1. The van der Waals surface area contributed by atoms with Crippen molar-refractivity contribution in [2.45, 2.75) is 4.90 Å². The van der Waals surface area contributed by atoms with Crippen LogP contribution in [0.15, 0.2) is 89.0 Å². The van der Waals surface area contributed by atoms with Crippen LogP contribution in [-0.4, -0.2) is 43.1 Å². The minimum Gasteiger partial charge on any atom is -0.478 e. The van der Waals surface area contributed by atoms with Gasteiger partial charge in [-0.15, -0.1) is 0 Å². The molecule has 2 aromatic carbocycles. The van der Waals surface area contributed by atoms with Gasteiger partial charge in [0.25, 0.3) is 15.9 Å². The molecule has 3 rings (SSSR count). The van der Waals surface area contributed by atoms with Crippen molar-refractivity contribution in [2.75, 3.05) is 10.8 Å². The molecular weight excluding hydrogens is 420 g/mol. The summed E-state index contributed by atoms with van der Waals surface area (Å²) in [4.78, 5) is 27.7. The van der Waals surface area contributed by atoms with Crippen molar-refractivity contribution in [3.8, 4) is 0 Å². The molecule has 1 aromatic heterocycles. The fraction of sp³-hybridized carbons (Fsp3) is 0.0476. The molecule has 0 spiro atoms. The Kier molecular flexibility index (Phi) is 6.73. The van der Waals surface area contributed by atoms with Gasteiger partial charge in [-0.1, -0.05) is 42.5 Å². The average Bonchev–Trinajstić information content (AvgIpc) is 2.79. The summed E-state index contributed by atoms with van der Waals surface area (Å²) in [7, 11) is -4.06. The maximum Gasteiger partial charge on any atom is 0.336 e. The van der Waals surface area contributed by atoms with Crippen LogP contribution in [0.3, 0.4) is 0 Å². The summed E-state index contributed by atoms with van der Waals surface area (Å²) in [6, 6.07) is 18.5. The van der Waals surface area contributed by atoms with E-state index in [1.807, 2.05) is 0 Å². The molecule has 158 valence electrons. The Balaban J connectivity index is 1.81. The van der Waals surface area contributed by atoms with Crippen LogP contribution in [0.4, 0.5) is 5.82 Å². The third-order valence-electron chi connectivity index (χ3n) is 4.11. The zero-order valence-corrected chi connectivity index (χ0v) is 16.9. The molecule has 0 radical (unpaired) electrons. The number of nitrogens with zero attached hydrogens (tertiary/aromatic N) is 3. The van der Waals surface area contributed by atoms with Gasteiger partial charge in [0.15, 0.2) is 0 Å². The Morgan fingerprint density at radius 3 is 2.35 bits per heavy atom. The number of aromatic carboxylic acids is 1. The summed E-state index contributed by atoms with van der Waals surface area (Å²) >= 11 is 0. The minimum atomic E-state index is -4.06. The highest BCUT2D eigenvalue weighted by Crippen LogP contribution is 2.21. The quantitative estimate of drug-likeness (QED) is 0.409. The van der Waals surface area contributed by atoms with Crippen LogP contribution in [0.2, 0.25) is 0 Å². The topological polar surface area (TPSA) is 129 Å². The number of hydrogen-bond acceptors (Lipinski definition) is 6. The van der Waals surface area contributed by atoms with Crippen LogP contribution in [-0.2, 0) is 14.8 Å². The first-order chi connectivity index (χ1) is 14.9. The van der Waals surface area contributed by atoms with Crippen LogP contribution in [0.1, 0.15) is 15.9 Å². The number of aromatic nitrogens is 1. The zero-order chi connectivity index (χ0) is 22.3. The van der Waals surface area contributed by atoms with Crippen molar-refractivity contribution in [3.63, 3.8) is 0 Å². The number of carboxylic acids is 1. The largest absolute Gasteiger partial charge is 0.478 e. The van der Waals surface area contributed by atoms with Gasteiger partial charge in [-0.3, -0.25) is 4.79 Å². The number of rotatable bonds is 8. The van der Waals surface area contributed by atoms with Crippen LogP contribution < -0.4 is 9.73 Å². The van der Waals surface area contributed by atoms with Gasteiger partial charge in [0.2, 0.25) is 0 Å². The second-order valence-electron chi connectivity index (χ2n) is 6.20. The van der Waals surface area contributed by atoms with Crippen molar-refractivity contribution >= 4 is 33.9 Å². The molecule has 0 aliphatic carbocycles. The number of nitrogens with one attached hydrogen (secondary N) is 1. The number of hydrazone groups is 1. The number of amides is 1. The van der Waals surface area contributed by atoms with E-state index >= 15 is 0 Å². The van der Waals surface area contributed by atoms with Gasteiger partial charge in [-0.05, 0) is 30.3 Å². The van der Waals surface area contributed by atoms with Crippen molar-refractivity contribution in [2.24, 2.45) is 5.10 Å². The molecule has 0 atom stereocenters. The van der Waals surface area contributed by atoms with Gasteiger partial charge in [-0.25, -0.2) is 27.9 Å². The zero-order valence-electron chi connectivity index (χ0n) is 16.1. The van der Waals surface area contributed by atoms with Crippen molar-refractivity contribution in [1.29, 1.82) is 0 Å². The number of benzene rings is 2.